The largest absolute Gasteiger partial charge is 0.462 e. The molecule has 2 spiro atoms. The van der Waals surface area contributed by atoms with Crippen molar-refractivity contribution in [3.63, 3.8) is 0 Å². The van der Waals surface area contributed by atoms with E-state index in [9.17, 15) is 14.4 Å². The van der Waals surface area contributed by atoms with Gasteiger partial charge in [-0.15, -0.1) is 0 Å². The van der Waals surface area contributed by atoms with Gasteiger partial charge in [0, 0.05) is 38.3 Å². The minimum absolute atomic E-state index is 0.0433. The average molecular weight is 571 g/mol. The molecule has 4 bridgehead atoms. The van der Waals surface area contributed by atoms with Gasteiger partial charge in [0.05, 0.1) is 35.7 Å². The van der Waals surface area contributed by atoms with E-state index in [1.54, 1.807) is 12.2 Å². The van der Waals surface area contributed by atoms with E-state index in [0.717, 1.165) is 11.1 Å². The third kappa shape index (κ3) is 4.59. The molecular formula is C31H38O10. The number of carbonyl (C=O) groups excluding carboxylic acids is 3. The van der Waals surface area contributed by atoms with E-state index in [-0.39, 0.29) is 24.9 Å². The highest BCUT2D eigenvalue weighted by atomic mass is 16.7. The number of allylic oxidation sites excluding steroid dienone is 2. The Morgan fingerprint density at radius 2 is 1.83 bits per heavy atom. The maximum Gasteiger partial charge on any atom is 0.331 e. The lowest BCUT2D eigenvalue weighted by molar-refractivity contribution is -0.239. The van der Waals surface area contributed by atoms with E-state index >= 15 is 0 Å². The molecule has 222 valence electrons. The zero-order chi connectivity index (χ0) is 29.2. The smallest absolute Gasteiger partial charge is 0.331 e. The predicted octanol–water partition coefficient (Wildman–Crippen LogP) is 3.25. The van der Waals surface area contributed by atoms with Gasteiger partial charge in [0.25, 0.3) is 0 Å². The number of cyclic esters (lactones) is 1. The molecule has 0 aromatic heterocycles. The highest BCUT2D eigenvalue weighted by molar-refractivity contribution is 5.83. The summed E-state index contributed by atoms with van der Waals surface area (Å²) in [5.74, 6) is -1.42. The topological polar surface area (TPSA) is 119 Å². The highest BCUT2D eigenvalue weighted by Crippen LogP contribution is 2.72. The quantitative estimate of drug-likeness (QED) is 0.201. The Labute approximate surface area is 239 Å². The van der Waals surface area contributed by atoms with Crippen molar-refractivity contribution in [1.82, 2.24) is 0 Å². The van der Waals surface area contributed by atoms with E-state index in [1.165, 1.54) is 19.1 Å². The molecular weight excluding hydrogens is 532 g/mol. The maximum atomic E-state index is 13.2. The Morgan fingerprint density at radius 3 is 2.56 bits per heavy atom. The summed E-state index contributed by atoms with van der Waals surface area (Å²) in [4.78, 5) is 38.4. The number of epoxide rings is 1. The summed E-state index contributed by atoms with van der Waals surface area (Å²) in [5, 5.41) is 0. The molecule has 0 aromatic rings. The van der Waals surface area contributed by atoms with E-state index in [4.69, 9.17) is 33.2 Å². The van der Waals surface area contributed by atoms with E-state index < -0.39 is 58.9 Å². The van der Waals surface area contributed by atoms with Crippen molar-refractivity contribution in [2.45, 2.75) is 102 Å². The second-order valence-electron chi connectivity index (χ2n) is 12.4. The first-order valence-electron chi connectivity index (χ1n) is 14.3. The second-order valence-corrected chi connectivity index (χ2v) is 12.4. The normalized spacial score (nSPS) is 45.5. The molecule has 10 atom stereocenters. The monoisotopic (exact) mass is 570 g/mol. The van der Waals surface area contributed by atoms with Crippen LogP contribution < -0.4 is 0 Å². The summed E-state index contributed by atoms with van der Waals surface area (Å²) in [6.07, 6.45) is 8.26. The summed E-state index contributed by atoms with van der Waals surface area (Å²) in [6, 6.07) is 0. The molecule has 0 N–H and O–H groups in total. The molecule has 4 aliphatic heterocycles. The number of ether oxygens (including phenoxy) is 7. The van der Waals surface area contributed by atoms with E-state index in [2.05, 4.69) is 0 Å². The zero-order valence-electron chi connectivity index (χ0n) is 24.1. The minimum atomic E-state index is -0.909. The van der Waals surface area contributed by atoms with Crippen molar-refractivity contribution in [3.05, 3.63) is 47.6 Å². The van der Waals surface area contributed by atoms with Gasteiger partial charge in [0.2, 0.25) is 0 Å². The van der Waals surface area contributed by atoms with Gasteiger partial charge >= 0.3 is 17.9 Å². The van der Waals surface area contributed by atoms with Crippen molar-refractivity contribution in [3.8, 4) is 0 Å². The van der Waals surface area contributed by atoms with Crippen LogP contribution in [0.1, 0.15) is 53.9 Å². The molecule has 41 heavy (non-hydrogen) atoms. The Balaban J connectivity index is 1.40. The van der Waals surface area contributed by atoms with Crippen LogP contribution >= 0.6 is 0 Å². The molecule has 10 heteroatoms. The first-order chi connectivity index (χ1) is 19.5. The SMILES string of the molecule is CC(=O)OC1CC23COC(=O)C=C(C)CC4OC(C)C(C=CC=CC(=O)OC5CC(OC2C=C1C)C1(CO1)C53C)O4. The fourth-order valence-electron chi connectivity index (χ4n) is 7.64. The Kier molecular flexibility index (Phi) is 7.04. The molecule has 6 rings (SSSR count). The predicted molar refractivity (Wildman–Crippen MR) is 143 cm³/mol. The molecule has 10 unspecified atom stereocenters. The number of hydrogen-bond acceptors (Lipinski definition) is 10. The van der Waals surface area contributed by atoms with Crippen molar-refractivity contribution >= 4 is 17.9 Å². The van der Waals surface area contributed by atoms with E-state index in [1.807, 2.05) is 39.8 Å². The Hall–Kier alpha value is -2.79. The second kappa shape index (κ2) is 10.2. The van der Waals surface area contributed by atoms with Crippen LogP contribution in [0.3, 0.4) is 0 Å². The van der Waals surface area contributed by atoms with Crippen molar-refractivity contribution in [2.75, 3.05) is 13.2 Å². The Bertz CT molecular complexity index is 1240. The van der Waals surface area contributed by atoms with Gasteiger partial charge in [-0.3, -0.25) is 4.79 Å². The van der Waals surface area contributed by atoms with Crippen LogP contribution in [0.4, 0.5) is 0 Å². The lowest BCUT2D eigenvalue weighted by Crippen LogP contribution is -2.68. The summed E-state index contributed by atoms with van der Waals surface area (Å²) >= 11 is 0. The van der Waals surface area contributed by atoms with Gasteiger partial charge in [-0.25, -0.2) is 9.59 Å². The van der Waals surface area contributed by atoms with Gasteiger partial charge in [0.15, 0.2) is 6.29 Å². The van der Waals surface area contributed by atoms with Crippen molar-refractivity contribution in [2.24, 2.45) is 10.8 Å². The lowest BCUT2D eigenvalue weighted by atomic mass is 9.51. The summed E-state index contributed by atoms with van der Waals surface area (Å²) < 4.78 is 42.6. The number of carbonyl (C=O) groups is 3. The van der Waals surface area contributed by atoms with E-state index in [0.29, 0.717) is 25.9 Å². The number of esters is 3. The van der Waals surface area contributed by atoms with Crippen LogP contribution in [0, 0.1) is 10.8 Å². The molecule has 10 nitrogen and oxygen atoms in total. The standard InChI is InChI=1S/C31H38O10/c1-17-10-27(34)35-15-30-14-22(38-20(4)32)18(2)12-24(30)40-25-13-23(29(30,5)31(25)16-36-31)41-26(33)9-7-6-8-21-19(3)37-28(11-17)39-21/h6-10,12,19,21-25,28H,11,13-16H2,1-5H3. The van der Waals surface area contributed by atoms with Crippen molar-refractivity contribution < 1.29 is 47.5 Å². The molecule has 6 aliphatic rings. The third-order valence-electron chi connectivity index (χ3n) is 9.96. The van der Waals surface area contributed by atoms with Crippen LogP contribution in [-0.2, 0) is 47.5 Å². The lowest BCUT2D eigenvalue weighted by Gasteiger charge is -2.59. The van der Waals surface area contributed by atoms with Crippen LogP contribution in [0.25, 0.3) is 0 Å². The molecule has 0 radical (unpaired) electrons. The molecule has 0 aromatic carbocycles. The van der Waals surface area contributed by atoms with Crippen LogP contribution in [-0.4, -0.2) is 79.6 Å². The summed E-state index contributed by atoms with van der Waals surface area (Å²) in [7, 11) is 0. The van der Waals surface area contributed by atoms with Gasteiger partial charge < -0.3 is 33.2 Å². The highest BCUT2D eigenvalue weighted by Gasteiger charge is 2.83. The van der Waals surface area contributed by atoms with Gasteiger partial charge in [-0.2, -0.15) is 0 Å². The zero-order valence-corrected chi connectivity index (χ0v) is 24.1. The first-order valence-corrected chi connectivity index (χ1v) is 14.3. The van der Waals surface area contributed by atoms with Crippen LogP contribution in [0.15, 0.2) is 47.6 Å². The molecule has 3 saturated heterocycles. The molecule has 4 fully saturated rings. The molecule has 0 amide bonds. The average Bonchev–Trinajstić information content (AvgIpc) is 3.59. The van der Waals surface area contributed by atoms with Gasteiger partial charge in [-0.1, -0.05) is 36.8 Å². The third-order valence-corrected chi connectivity index (χ3v) is 9.96. The summed E-state index contributed by atoms with van der Waals surface area (Å²) in [5.41, 5.74) is -0.803. The van der Waals surface area contributed by atoms with Crippen LogP contribution in [0.5, 0.6) is 0 Å². The molecule has 4 heterocycles. The number of fused-ring (bicyclic) bond motifs is 2. The molecule has 2 aliphatic carbocycles. The van der Waals surface area contributed by atoms with Crippen LogP contribution in [0.2, 0.25) is 0 Å². The minimum Gasteiger partial charge on any atom is -0.462 e. The number of hydrogen-bond donors (Lipinski definition) is 0. The van der Waals surface area contributed by atoms with Gasteiger partial charge in [0.1, 0.15) is 30.5 Å². The molecule has 1 saturated carbocycles. The Morgan fingerprint density at radius 1 is 1.05 bits per heavy atom. The maximum absolute atomic E-state index is 13.2. The number of rotatable bonds is 1. The fourth-order valence-corrected chi connectivity index (χ4v) is 7.64. The van der Waals surface area contributed by atoms with Crippen molar-refractivity contribution in [1.29, 1.82) is 0 Å². The van der Waals surface area contributed by atoms with Gasteiger partial charge in [-0.05, 0) is 26.3 Å². The first kappa shape index (κ1) is 28.3. The fraction of sp³-hybridized carbons (Fsp3) is 0.645. The summed E-state index contributed by atoms with van der Waals surface area (Å²) in [6.45, 7) is 9.45.